The number of amides is 3. The predicted molar refractivity (Wildman–Crippen MR) is 98.1 cm³/mol. The Labute approximate surface area is 155 Å². The Balaban J connectivity index is 1.89. The van der Waals surface area contributed by atoms with Gasteiger partial charge in [-0.2, -0.15) is 0 Å². The van der Waals surface area contributed by atoms with Gasteiger partial charge in [-0.3, -0.25) is 14.4 Å². The van der Waals surface area contributed by atoms with E-state index in [9.17, 15) is 22.8 Å². The van der Waals surface area contributed by atoms with Gasteiger partial charge in [0.15, 0.2) is 0 Å². The maximum atomic E-state index is 11.9. The van der Waals surface area contributed by atoms with Gasteiger partial charge in [0.1, 0.15) is 0 Å². The number of rotatable bonds is 6. The molecule has 9 nitrogen and oxygen atoms in total. The Hall–Kier alpha value is -3.24. The van der Waals surface area contributed by atoms with Crippen LogP contribution in [0.5, 0.6) is 0 Å². The van der Waals surface area contributed by atoms with E-state index < -0.39 is 27.7 Å². The van der Waals surface area contributed by atoms with E-state index in [0.29, 0.717) is 6.42 Å². The molecule has 0 saturated carbocycles. The zero-order chi connectivity index (χ0) is 20.0. The van der Waals surface area contributed by atoms with Gasteiger partial charge >= 0.3 is 11.8 Å². The first-order valence-corrected chi connectivity index (χ1v) is 9.33. The quantitative estimate of drug-likeness (QED) is 0.498. The number of benzene rings is 2. The number of sulfonamides is 1. The van der Waals surface area contributed by atoms with Crippen molar-refractivity contribution in [3.05, 3.63) is 59.7 Å². The van der Waals surface area contributed by atoms with Gasteiger partial charge in [-0.05, 0) is 36.2 Å². The third-order valence-electron chi connectivity index (χ3n) is 3.60. The lowest BCUT2D eigenvalue weighted by Crippen LogP contribution is -2.36. The molecular weight excluding hydrogens is 372 g/mol. The van der Waals surface area contributed by atoms with Crippen molar-refractivity contribution in [2.45, 2.75) is 11.3 Å². The number of anilines is 1. The number of nitrogens with two attached hydrogens (primary N) is 2. The van der Waals surface area contributed by atoms with Crippen molar-refractivity contribution in [2.75, 3.05) is 11.9 Å². The highest BCUT2D eigenvalue weighted by Gasteiger charge is 2.16. The van der Waals surface area contributed by atoms with Gasteiger partial charge in [0.2, 0.25) is 10.0 Å². The number of hydrogen-bond donors (Lipinski definition) is 4. The van der Waals surface area contributed by atoms with Gasteiger partial charge in [-0.25, -0.2) is 13.6 Å². The average molecular weight is 390 g/mol. The molecule has 2 rings (SSSR count). The fourth-order valence-electron chi connectivity index (χ4n) is 2.23. The third kappa shape index (κ3) is 5.62. The van der Waals surface area contributed by atoms with Crippen LogP contribution in [-0.4, -0.2) is 32.7 Å². The highest BCUT2D eigenvalue weighted by Crippen LogP contribution is 2.14. The van der Waals surface area contributed by atoms with Gasteiger partial charge in [0.05, 0.1) is 16.1 Å². The first-order valence-electron chi connectivity index (χ1n) is 7.78. The van der Waals surface area contributed by atoms with Crippen molar-refractivity contribution in [3.63, 3.8) is 0 Å². The molecule has 6 N–H and O–H groups in total. The lowest BCUT2D eigenvalue weighted by molar-refractivity contribution is -0.136. The second-order valence-corrected chi connectivity index (χ2v) is 7.12. The molecule has 0 bridgehead atoms. The molecule has 0 heterocycles. The number of carbonyl (C=O) groups excluding carboxylic acids is 3. The highest BCUT2D eigenvalue weighted by molar-refractivity contribution is 7.89. The largest absolute Gasteiger partial charge is 0.366 e. The minimum Gasteiger partial charge on any atom is -0.366 e. The van der Waals surface area contributed by atoms with Gasteiger partial charge in [-0.1, -0.05) is 24.3 Å². The number of para-hydroxylation sites is 1. The van der Waals surface area contributed by atoms with Crippen molar-refractivity contribution in [3.8, 4) is 0 Å². The van der Waals surface area contributed by atoms with E-state index in [2.05, 4.69) is 10.6 Å². The molecule has 2 aromatic rings. The van der Waals surface area contributed by atoms with Crippen molar-refractivity contribution in [2.24, 2.45) is 10.9 Å². The number of primary sulfonamides is 1. The molecule has 0 atom stereocenters. The fraction of sp³-hybridized carbons (Fsp3) is 0.118. The van der Waals surface area contributed by atoms with E-state index in [4.69, 9.17) is 10.9 Å². The van der Waals surface area contributed by atoms with Crippen molar-refractivity contribution in [1.29, 1.82) is 0 Å². The molecule has 0 aliphatic carbocycles. The molecule has 0 aliphatic rings. The molecule has 142 valence electrons. The molecule has 0 spiro atoms. The highest BCUT2D eigenvalue weighted by atomic mass is 32.2. The van der Waals surface area contributed by atoms with Crippen LogP contribution in [0.3, 0.4) is 0 Å². The normalized spacial score (nSPS) is 10.9. The van der Waals surface area contributed by atoms with E-state index in [1.807, 2.05) is 0 Å². The monoisotopic (exact) mass is 390 g/mol. The van der Waals surface area contributed by atoms with Crippen LogP contribution >= 0.6 is 0 Å². The Morgan fingerprint density at radius 3 is 2.15 bits per heavy atom. The summed E-state index contributed by atoms with van der Waals surface area (Å²) in [6.07, 6.45) is 0.377. The lowest BCUT2D eigenvalue weighted by atomic mass is 10.1. The van der Waals surface area contributed by atoms with Crippen LogP contribution in [0.2, 0.25) is 0 Å². The molecule has 0 radical (unpaired) electrons. The summed E-state index contributed by atoms with van der Waals surface area (Å²) in [6, 6.07) is 11.9. The second-order valence-electron chi connectivity index (χ2n) is 5.56. The smallest absolute Gasteiger partial charge is 0.313 e. The summed E-state index contributed by atoms with van der Waals surface area (Å²) < 4.78 is 22.4. The van der Waals surface area contributed by atoms with Gasteiger partial charge < -0.3 is 16.4 Å². The molecule has 0 saturated heterocycles. The molecule has 3 amide bonds. The third-order valence-corrected chi connectivity index (χ3v) is 4.53. The second kappa shape index (κ2) is 8.43. The maximum Gasteiger partial charge on any atom is 0.313 e. The minimum absolute atomic E-state index is 0.0113. The van der Waals surface area contributed by atoms with Crippen molar-refractivity contribution >= 4 is 33.4 Å². The van der Waals surface area contributed by atoms with E-state index in [1.165, 1.54) is 24.3 Å². The van der Waals surface area contributed by atoms with Gasteiger partial charge in [0.25, 0.3) is 5.91 Å². The summed E-state index contributed by atoms with van der Waals surface area (Å²) in [5.74, 6) is -2.54. The Morgan fingerprint density at radius 1 is 0.926 bits per heavy atom. The molecule has 0 fully saturated rings. The molecule has 0 unspecified atom stereocenters. The summed E-state index contributed by atoms with van der Waals surface area (Å²) in [4.78, 5) is 35.1. The molecule has 2 aromatic carbocycles. The first-order chi connectivity index (χ1) is 12.7. The van der Waals surface area contributed by atoms with Crippen LogP contribution in [0, 0.1) is 0 Å². The molecule has 0 aliphatic heterocycles. The zero-order valence-corrected chi connectivity index (χ0v) is 15.0. The van der Waals surface area contributed by atoms with Crippen LogP contribution < -0.4 is 21.5 Å². The summed E-state index contributed by atoms with van der Waals surface area (Å²) in [5.41, 5.74) is 6.20. The summed E-state index contributed by atoms with van der Waals surface area (Å²) in [5, 5.41) is 9.78. The van der Waals surface area contributed by atoms with Crippen molar-refractivity contribution in [1.82, 2.24) is 5.32 Å². The van der Waals surface area contributed by atoms with Crippen LogP contribution in [0.4, 0.5) is 5.69 Å². The fourth-order valence-corrected chi connectivity index (χ4v) is 2.75. The molecule has 0 aromatic heterocycles. The number of hydrogen-bond acceptors (Lipinski definition) is 5. The van der Waals surface area contributed by atoms with Gasteiger partial charge in [0, 0.05) is 6.54 Å². The summed E-state index contributed by atoms with van der Waals surface area (Å²) >= 11 is 0. The van der Waals surface area contributed by atoms with Crippen LogP contribution in [0.25, 0.3) is 0 Å². The molecular formula is C17H18N4O5S. The van der Waals surface area contributed by atoms with Crippen LogP contribution in [0.1, 0.15) is 15.9 Å². The topological polar surface area (TPSA) is 161 Å². The Bertz CT molecular complexity index is 971. The standard InChI is InChI=1S/C17H18N4O5S/c18-15(22)13-3-1-2-4-14(13)21-17(24)16(23)20-10-9-11-5-7-12(8-6-11)27(19,25)26/h1-8H,9-10H2,(H2,18,22)(H,20,23)(H,21,24)(H2,19,25,26). The van der Waals surface area contributed by atoms with E-state index >= 15 is 0 Å². The van der Waals surface area contributed by atoms with Gasteiger partial charge in [-0.15, -0.1) is 0 Å². The number of primary amides is 1. The number of nitrogens with one attached hydrogen (secondary N) is 2. The van der Waals surface area contributed by atoms with Crippen molar-refractivity contribution < 1.29 is 22.8 Å². The van der Waals surface area contributed by atoms with E-state index in [-0.39, 0.29) is 22.7 Å². The van der Waals surface area contributed by atoms with Crippen LogP contribution in [0.15, 0.2) is 53.4 Å². The van der Waals surface area contributed by atoms with Crippen LogP contribution in [-0.2, 0) is 26.0 Å². The predicted octanol–water partition coefficient (Wildman–Crippen LogP) is -0.270. The number of carbonyl (C=O) groups is 3. The zero-order valence-electron chi connectivity index (χ0n) is 14.1. The maximum absolute atomic E-state index is 11.9. The van der Waals surface area contributed by atoms with E-state index in [0.717, 1.165) is 5.56 Å². The van der Waals surface area contributed by atoms with E-state index in [1.54, 1.807) is 24.3 Å². The lowest BCUT2D eigenvalue weighted by Gasteiger charge is -2.09. The Kier molecular flexibility index (Phi) is 6.27. The minimum atomic E-state index is -3.76. The molecule has 27 heavy (non-hydrogen) atoms. The summed E-state index contributed by atoms with van der Waals surface area (Å²) in [6.45, 7) is 0.151. The Morgan fingerprint density at radius 2 is 1.56 bits per heavy atom. The SMILES string of the molecule is NC(=O)c1ccccc1NC(=O)C(=O)NCCc1ccc(S(N)(=O)=O)cc1. The summed E-state index contributed by atoms with van der Waals surface area (Å²) in [7, 11) is -3.76. The first kappa shape index (κ1) is 20.1. The molecule has 10 heteroatoms. The average Bonchev–Trinajstić information content (AvgIpc) is 2.61.